The number of fused-ring (bicyclic) bond motifs is 1. The Kier molecular flexibility index (Phi) is 4.19. The average molecular weight is 348 g/mol. The highest BCUT2D eigenvalue weighted by atomic mass is 16.8. The summed E-state index contributed by atoms with van der Waals surface area (Å²) in [7, 11) is 1.75. The first-order chi connectivity index (χ1) is 11.8. The molecule has 3 fully saturated rings. The summed E-state index contributed by atoms with van der Waals surface area (Å²) in [6.07, 6.45) is 9.66. The Labute approximate surface area is 151 Å². The van der Waals surface area contributed by atoms with Crippen molar-refractivity contribution < 1.29 is 18.9 Å². The molecule has 0 aromatic rings. The van der Waals surface area contributed by atoms with E-state index in [2.05, 4.69) is 39.8 Å². The lowest BCUT2D eigenvalue weighted by Crippen LogP contribution is -2.63. The molecule has 0 N–H and O–H groups in total. The van der Waals surface area contributed by atoms with E-state index in [1.165, 1.54) is 17.6 Å². The molecule has 25 heavy (non-hydrogen) atoms. The maximum atomic E-state index is 6.67. The first kappa shape index (κ1) is 17.7. The predicted octanol–water partition coefficient (Wildman–Crippen LogP) is 4.35. The fraction of sp³-hybridized carbons (Fsp3) is 0.810. The molecule has 0 aromatic carbocycles. The molecule has 0 aromatic heterocycles. The fourth-order valence-electron chi connectivity index (χ4n) is 5.57. The van der Waals surface area contributed by atoms with Crippen LogP contribution in [0.4, 0.5) is 0 Å². The maximum Gasteiger partial charge on any atom is 0.169 e. The van der Waals surface area contributed by atoms with Crippen LogP contribution in [-0.2, 0) is 18.9 Å². The molecule has 4 nitrogen and oxygen atoms in total. The SMILES string of the molecule is CO[C@@H]1C[C@@H]2[C@@](C)(CCC=C(C)C)CC=C3CO[C@]4(C)C[C@H](O1)[C@@]32O4. The quantitative estimate of drug-likeness (QED) is 0.708. The van der Waals surface area contributed by atoms with Gasteiger partial charge < -0.3 is 18.9 Å². The third-order valence-corrected chi connectivity index (χ3v) is 6.90. The van der Waals surface area contributed by atoms with Crippen molar-refractivity contribution in [3.05, 3.63) is 23.3 Å². The Hall–Kier alpha value is -0.680. The predicted molar refractivity (Wildman–Crippen MR) is 96.0 cm³/mol. The van der Waals surface area contributed by atoms with Crippen molar-refractivity contribution >= 4 is 0 Å². The van der Waals surface area contributed by atoms with Crippen molar-refractivity contribution in [2.75, 3.05) is 13.7 Å². The summed E-state index contributed by atoms with van der Waals surface area (Å²) in [5.74, 6) is -0.124. The summed E-state index contributed by atoms with van der Waals surface area (Å²) in [6, 6.07) is 0. The van der Waals surface area contributed by atoms with Gasteiger partial charge in [-0.15, -0.1) is 0 Å². The lowest BCUT2D eigenvalue weighted by atomic mass is 9.55. The standard InChI is InChI=1S/C21H32O4/c1-14(2)7-6-9-19(3)10-8-15-13-23-20(4)12-17-21(15,25-20)16(19)11-18(22-5)24-17/h7-8,16-18H,6,9-13H2,1-5H3/t16-,17+,18+,19+,20+,21-/m1/s1. The molecular weight excluding hydrogens is 316 g/mol. The topological polar surface area (TPSA) is 36.9 Å². The van der Waals surface area contributed by atoms with Crippen molar-refractivity contribution in [1.82, 2.24) is 0 Å². The summed E-state index contributed by atoms with van der Waals surface area (Å²) < 4.78 is 24.7. The average Bonchev–Trinajstić information content (AvgIpc) is 2.79. The molecule has 4 rings (SSSR count). The zero-order chi connectivity index (χ0) is 17.9. The summed E-state index contributed by atoms with van der Waals surface area (Å²) in [4.78, 5) is 0. The molecular formula is C21H32O4. The molecule has 3 aliphatic heterocycles. The van der Waals surface area contributed by atoms with E-state index in [9.17, 15) is 0 Å². The van der Waals surface area contributed by atoms with Crippen LogP contribution in [0, 0.1) is 11.3 Å². The molecule has 0 radical (unpaired) electrons. The Morgan fingerprint density at radius 3 is 2.88 bits per heavy atom. The largest absolute Gasteiger partial charge is 0.356 e. The van der Waals surface area contributed by atoms with Crippen LogP contribution in [0.3, 0.4) is 0 Å². The molecule has 0 saturated carbocycles. The number of allylic oxidation sites excluding steroid dienone is 3. The van der Waals surface area contributed by atoms with Crippen LogP contribution in [0.15, 0.2) is 23.3 Å². The molecule has 4 aliphatic rings. The molecule has 3 heterocycles. The Balaban J connectivity index is 1.72. The second-order valence-corrected chi connectivity index (χ2v) is 9.01. The van der Waals surface area contributed by atoms with Gasteiger partial charge in [0, 0.05) is 25.9 Å². The number of rotatable bonds is 4. The first-order valence-corrected chi connectivity index (χ1v) is 9.67. The van der Waals surface area contributed by atoms with E-state index in [0.717, 1.165) is 25.7 Å². The van der Waals surface area contributed by atoms with Gasteiger partial charge in [0.2, 0.25) is 0 Å². The summed E-state index contributed by atoms with van der Waals surface area (Å²) in [5.41, 5.74) is 2.56. The van der Waals surface area contributed by atoms with Crippen molar-refractivity contribution in [2.45, 2.75) is 83.6 Å². The third kappa shape index (κ3) is 2.64. The van der Waals surface area contributed by atoms with E-state index in [0.29, 0.717) is 12.5 Å². The van der Waals surface area contributed by atoms with E-state index < -0.39 is 5.79 Å². The Morgan fingerprint density at radius 1 is 1.36 bits per heavy atom. The van der Waals surface area contributed by atoms with Crippen LogP contribution in [0.2, 0.25) is 0 Å². The number of hydrogen-bond acceptors (Lipinski definition) is 4. The third-order valence-electron chi connectivity index (χ3n) is 6.90. The van der Waals surface area contributed by atoms with Crippen molar-refractivity contribution in [2.24, 2.45) is 11.3 Å². The lowest BCUT2D eigenvalue weighted by molar-refractivity contribution is -0.313. The highest BCUT2D eigenvalue weighted by Crippen LogP contribution is 2.63. The van der Waals surface area contributed by atoms with Gasteiger partial charge in [-0.1, -0.05) is 24.6 Å². The summed E-state index contributed by atoms with van der Waals surface area (Å²) >= 11 is 0. The molecule has 4 heteroatoms. The van der Waals surface area contributed by atoms with Gasteiger partial charge in [-0.3, -0.25) is 0 Å². The van der Waals surface area contributed by atoms with E-state index in [4.69, 9.17) is 18.9 Å². The molecule has 1 aliphatic carbocycles. The molecule has 1 spiro atoms. The monoisotopic (exact) mass is 348 g/mol. The minimum atomic E-state index is -0.527. The van der Waals surface area contributed by atoms with Gasteiger partial charge in [-0.05, 0) is 51.0 Å². The molecule has 2 bridgehead atoms. The van der Waals surface area contributed by atoms with Crippen LogP contribution in [0.1, 0.15) is 59.8 Å². The molecule has 6 atom stereocenters. The highest BCUT2D eigenvalue weighted by Gasteiger charge is 2.69. The summed E-state index contributed by atoms with van der Waals surface area (Å²) in [5, 5.41) is 0. The van der Waals surface area contributed by atoms with Gasteiger partial charge in [0.25, 0.3) is 0 Å². The Bertz CT molecular complexity index is 607. The highest BCUT2D eigenvalue weighted by molar-refractivity contribution is 5.34. The van der Waals surface area contributed by atoms with Gasteiger partial charge in [0.1, 0.15) is 5.60 Å². The van der Waals surface area contributed by atoms with Crippen molar-refractivity contribution in [1.29, 1.82) is 0 Å². The van der Waals surface area contributed by atoms with E-state index in [-0.39, 0.29) is 23.4 Å². The van der Waals surface area contributed by atoms with Crippen LogP contribution >= 0.6 is 0 Å². The minimum absolute atomic E-state index is 0.0260. The van der Waals surface area contributed by atoms with E-state index in [1.807, 2.05) is 0 Å². The second kappa shape index (κ2) is 5.91. The number of methoxy groups -OCH3 is 1. The first-order valence-electron chi connectivity index (χ1n) is 9.67. The smallest absolute Gasteiger partial charge is 0.169 e. The van der Waals surface area contributed by atoms with Crippen molar-refractivity contribution in [3.8, 4) is 0 Å². The van der Waals surface area contributed by atoms with E-state index in [1.54, 1.807) is 7.11 Å². The molecule has 0 amide bonds. The van der Waals surface area contributed by atoms with Crippen LogP contribution in [0.5, 0.6) is 0 Å². The Morgan fingerprint density at radius 2 is 2.16 bits per heavy atom. The maximum absolute atomic E-state index is 6.67. The van der Waals surface area contributed by atoms with Gasteiger partial charge >= 0.3 is 0 Å². The van der Waals surface area contributed by atoms with Crippen molar-refractivity contribution in [3.63, 3.8) is 0 Å². The van der Waals surface area contributed by atoms with Crippen LogP contribution < -0.4 is 0 Å². The lowest BCUT2D eigenvalue weighted by Gasteiger charge is -2.58. The zero-order valence-corrected chi connectivity index (χ0v) is 16.3. The summed E-state index contributed by atoms with van der Waals surface area (Å²) in [6.45, 7) is 9.52. The normalized spacial score (nSPS) is 47.9. The van der Waals surface area contributed by atoms with Gasteiger partial charge in [0.15, 0.2) is 12.1 Å². The fourth-order valence-corrected chi connectivity index (χ4v) is 5.57. The second-order valence-electron chi connectivity index (χ2n) is 9.01. The van der Waals surface area contributed by atoms with Crippen LogP contribution in [-0.4, -0.2) is 37.5 Å². The number of ether oxygens (including phenoxy) is 4. The molecule has 140 valence electrons. The van der Waals surface area contributed by atoms with Gasteiger partial charge in [0.05, 0.1) is 12.7 Å². The van der Waals surface area contributed by atoms with Gasteiger partial charge in [-0.2, -0.15) is 0 Å². The molecule has 3 saturated heterocycles. The van der Waals surface area contributed by atoms with Gasteiger partial charge in [-0.25, -0.2) is 0 Å². The zero-order valence-electron chi connectivity index (χ0n) is 16.3. The number of hydrogen-bond donors (Lipinski definition) is 0. The minimum Gasteiger partial charge on any atom is -0.356 e. The van der Waals surface area contributed by atoms with E-state index >= 15 is 0 Å². The van der Waals surface area contributed by atoms with Crippen LogP contribution in [0.25, 0.3) is 0 Å². The molecule has 0 unspecified atom stereocenters.